The molecule has 2 aromatic rings. The second-order valence-corrected chi connectivity index (χ2v) is 9.72. The topological polar surface area (TPSA) is 103 Å². The maximum absolute atomic E-state index is 13.1. The lowest BCUT2D eigenvalue weighted by atomic mass is 10.2. The molecule has 0 bridgehead atoms. The lowest BCUT2D eigenvalue weighted by Crippen LogP contribution is -2.36. The molecule has 1 saturated heterocycles. The fourth-order valence-corrected chi connectivity index (χ4v) is 5.95. The average Bonchev–Trinajstić information content (AvgIpc) is 3.06. The van der Waals surface area contributed by atoms with Crippen LogP contribution in [0.4, 0.5) is 5.69 Å². The summed E-state index contributed by atoms with van der Waals surface area (Å²) >= 11 is 0. The zero-order valence-electron chi connectivity index (χ0n) is 17.9. The van der Waals surface area contributed by atoms with Gasteiger partial charge in [-0.05, 0) is 38.8 Å². The summed E-state index contributed by atoms with van der Waals surface area (Å²) in [6, 6.07) is 5.26. The number of piperidine rings is 1. The van der Waals surface area contributed by atoms with Crippen LogP contribution < -0.4 is 14.8 Å². The van der Waals surface area contributed by atoms with Crippen LogP contribution in [0.1, 0.15) is 37.1 Å². The smallest absolute Gasteiger partial charge is 0.246 e. The van der Waals surface area contributed by atoms with E-state index in [0.29, 0.717) is 61.4 Å². The Balaban J connectivity index is 1.42. The van der Waals surface area contributed by atoms with Crippen molar-refractivity contribution in [1.82, 2.24) is 14.1 Å². The molecule has 10 heteroatoms. The van der Waals surface area contributed by atoms with Crippen molar-refractivity contribution in [2.75, 3.05) is 31.6 Å². The third kappa shape index (κ3) is 4.54. The van der Waals surface area contributed by atoms with Crippen LogP contribution >= 0.6 is 0 Å². The van der Waals surface area contributed by atoms with E-state index < -0.39 is 10.0 Å². The molecule has 31 heavy (non-hydrogen) atoms. The Kier molecular flexibility index (Phi) is 6.19. The lowest BCUT2D eigenvalue weighted by Gasteiger charge is -2.26. The van der Waals surface area contributed by atoms with Gasteiger partial charge >= 0.3 is 0 Å². The fraction of sp³-hybridized carbons (Fsp3) is 0.524. The van der Waals surface area contributed by atoms with E-state index in [9.17, 15) is 13.2 Å². The van der Waals surface area contributed by atoms with E-state index in [-0.39, 0.29) is 17.2 Å². The third-order valence-electron chi connectivity index (χ3n) is 5.60. The number of sulfonamides is 1. The van der Waals surface area contributed by atoms with Crippen LogP contribution in [0.2, 0.25) is 0 Å². The van der Waals surface area contributed by atoms with Crippen LogP contribution in [0.3, 0.4) is 0 Å². The molecular formula is C21H28N4O5S. The standard InChI is InChI=1S/C21H28N4O5S/c1-15-21(31(27,28)24-9-4-3-5-10-24)16(2)25(23-15)11-8-20(26)22-17-6-7-18-19(14-17)30-13-12-29-18/h6-7,14H,3-5,8-13H2,1-2H3,(H,22,26). The minimum atomic E-state index is -3.57. The largest absolute Gasteiger partial charge is 0.486 e. The van der Waals surface area contributed by atoms with Gasteiger partial charge in [-0.3, -0.25) is 9.48 Å². The quantitative estimate of drug-likeness (QED) is 0.728. The van der Waals surface area contributed by atoms with Gasteiger partial charge in [-0.25, -0.2) is 8.42 Å². The van der Waals surface area contributed by atoms with E-state index in [4.69, 9.17) is 9.47 Å². The van der Waals surface area contributed by atoms with E-state index in [1.807, 2.05) is 0 Å². The molecular weight excluding hydrogens is 420 g/mol. The van der Waals surface area contributed by atoms with Crippen molar-refractivity contribution in [2.45, 2.75) is 51.0 Å². The lowest BCUT2D eigenvalue weighted by molar-refractivity contribution is -0.116. The Bertz CT molecular complexity index is 1070. The van der Waals surface area contributed by atoms with E-state index >= 15 is 0 Å². The zero-order valence-corrected chi connectivity index (χ0v) is 18.7. The van der Waals surface area contributed by atoms with Gasteiger partial charge in [-0.2, -0.15) is 9.40 Å². The summed E-state index contributed by atoms with van der Waals surface area (Å²) in [5, 5.41) is 7.25. The van der Waals surface area contributed by atoms with Crippen LogP contribution in [0.5, 0.6) is 11.5 Å². The highest BCUT2D eigenvalue weighted by Crippen LogP contribution is 2.32. The molecule has 0 atom stereocenters. The van der Waals surface area contributed by atoms with Gasteiger partial charge in [-0.15, -0.1) is 0 Å². The number of nitrogens with one attached hydrogen (secondary N) is 1. The van der Waals surface area contributed by atoms with Crippen molar-refractivity contribution in [3.63, 3.8) is 0 Å². The molecule has 1 aromatic carbocycles. The highest BCUT2D eigenvalue weighted by molar-refractivity contribution is 7.89. The maximum Gasteiger partial charge on any atom is 0.246 e. The Labute approximate surface area is 182 Å². The number of benzene rings is 1. The molecule has 2 aliphatic heterocycles. The molecule has 1 fully saturated rings. The van der Waals surface area contributed by atoms with E-state index in [0.717, 1.165) is 19.3 Å². The van der Waals surface area contributed by atoms with Gasteiger partial charge in [0.1, 0.15) is 18.1 Å². The molecule has 9 nitrogen and oxygen atoms in total. The monoisotopic (exact) mass is 448 g/mol. The predicted octanol–water partition coefficient (Wildman–Crippen LogP) is 2.47. The molecule has 0 aliphatic carbocycles. The fourth-order valence-electron chi connectivity index (χ4n) is 4.06. The minimum absolute atomic E-state index is 0.166. The van der Waals surface area contributed by atoms with Crippen LogP contribution in [-0.2, 0) is 21.4 Å². The first-order valence-corrected chi connectivity index (χ1v) is 12.0. The number of fused-ring (bicyclic) bond motifs is 1. The molecule has 0 spiro atoms. The van der Waals surface area contributed by atoms with Crippen molar-refractivity contribution in [3.05, 3.63) is 29.6 Å². The molecule has 0 unspecified atom stereocenters. The number of ether oxygens (including phenoxy) is 2. The average molecular weight is 449 g/mol. The van der Waals surface area contributed by atoms with Crippen molar-refractivity contribution < 1.29 is 22.7 Å². The Hall–Kier alpha value is -2.59. The normalized spacial score (nSPS) is 16.8. The first-order valence-electron chi connectivity index (χ1n) is 10.6. The van der Waals surface area contributed by atoms with E-state index in [2.05, 4.69) is 10.4 Å². The van der Waals surface area contributed by atoms with Crippen LogP contribution in [0.25, 0.3) is 0 Å². The zero-order chi connectivity index (χ0) is 22.0. The number of aromatic nitrogens is 2. The minimum Gasteiger partial charge on any atom is -0.486 e. The molecule has 2 aliphatic rings. The number of amides is 1. The molecule has 168 valence electrons. The number of nitrogens with zero attached hydrogens (tertiary/aromatic N) is 3. The van der Waals surface area contributed by atoms with Gasteiger partial charge in [0.15, 0.2) is 11.5 Å². The molecule has 0 saturated carbocycles. The molecule has 0 radical (unpaired) electrons. The van der Waals surface area contributed by atoms with Crippen LogP contribution in [-0.4, -0.2) is 54.7 Å². The summed E-state index contributed by atoms with van der Waals surface area (Å²) in [6.45, 7) is 5.82. The van der Waals surface area contributed by atoms with Crippen molar-refractivity contribution in [2.24, 2.45) is 0 Å². The van der Waals surface area contributed by atoms with Crippen LogP contribution in [0.15, 0.2) is 23.1 Å². The van der Waals surface area contributed by atoms with Crippen molar-refractivity contribution in [3.8, 4) is 11.5 Å². The molecule has 4 rings (SSSR count). The number of anilines is 1. The molecule has 1 N–H and O–H groups in total. The Morgan fingerprint density at radius 3 is 2.55 bits per heavy atom. The number of aryl methyl sites for hydroxylation is 2. The summed E-state index contributed by atoms with van der Waals surface area (Å²) in [7, 11) is -3.57. The van der Waals surface area contributed by atoms with Gasteiger partial charge < -0.3 is 14.8 Å². The number of carbonyl (C=O) groups excluding carboxylic acids is 1. The Morgan fingerprint density at radius 1 is 1.10 bits per heavy atom. The van der Waals surface area contributed by atoms with Crippen molar-refractivity contribution >= 4 is 21.6 Å². The number of hydrogen-bond acceptors (Lipinski definition) is 6. The molecule has 3 heterocycles. The Morgan fingerprint density at radius 2 is 1.81 bits per heavy atom. The molecule has 1 aromatic heterocycles. The highest BCUT2D eigenvalue weighted by Gasteiger charge is 2.31. The second kappa shape index (κ2) is 8.88. The highest BCUT2D eigenvalue weighted by atomic mass is 32.2. The summed E-state index contributed by atoms with van der Waals surface area (Å²) in [5.41, 5.74) is 1.65. The first kappa shape index (κ1) is 21.6. The van der Waals surface area contributed by atoms with Gasteiger partial charge in [0.25, 0.3) is 0 Å². The number of carbonyl (C=O) groups is 1. The van der Waals surface area contributed by atoms with Gasteiger partial charge in [0, 0.05) is 31.3 Å². The third-order valence-corrected chi connectivity index (χ3v) is 7.76. The summed E-state index contributed by atoms with van der Waals surface area (Å²) in [5.74, 6) is 1.08. The number of hydrogen-bond donors (Lipinski definition) is 1. The first-order chi connectivity index (χ1) is 14.9. The van der Waals surface area contributed by atoms with Gasteiger partial charge in [0.05, 0.1) is 17.9 Å². The maximum atomic E-state index is 13.1. The van der Waals surface area contributed by atoms with Crippen molar-refractivity contribution in [1.29, 1.82) is 0 Å². The summed E-state index contributed by atoms with van der Waals surface area (Å²) < 4.78 is 40.4. The number of rotatable bonds is 6. The second-order valence-electron chi connectivity index (χ2n) is 7.84. The van der Waals surface area contributed by atoms with Gasteiger partial charge in [-0.1, -0.05) is 6.42 Å². The predicted molar refractivity (Wildman–Crippen MR) is 115 cm³/mol. The summed E-state index contributed by atoms with van der Waals surface area (Å²) in [6.07, 6.45) is 2.98. The molecule has 1 amide bonds. The summed E-state index contributed by atoms with van der Waals surface area (Å²) in [4.78, 5) is 12.7. The van der Waals surface area contributed by atoms with E-state index in [1.54, 1.807) is 41.0 Å². The van der Waals surface area contributed by atoms with Crippen LogP contribution in [0, 0.1) is 13.8 Å². The van der Waals surface area contributed by atoms with E-state index in [1.165, 1.54) is 0 Å². The SMILES string of the molecule is Cc1nn(CCC(=O)Nc2ccc3c(c2)OCCO3)c(C)c1S(=O)(=O)N1CCCCC1. The van der Waals surface area contributed by atoms with Gasteiger partial charge in [0.2, 0.25) is 15.9 Å².